The average molecular weight is 282 g/mol. The van der Waals surface area contributed by atoms with Crippen LogP contribution >= 0.6 is 0 Å². The van der Waals surface area contributed by atoms with E-state index in [4.69, 9.17) is 4.74 Å². The summed E-state index contributed by atoms with van der Waals surface area (Å²) in [5.41, 5.74) is -0.730. The van der Waals surface area contributed by atoms with Gasteiger partial charge in [-0.25, -0.2) is 8.78 Å². The van der Waals surface area contributed by atoms with Gasteiger partial charge in [-0.2, -0.15) is 5.26 Å². The minimum Gasteiger partial charge on any atom is -0.488 e. The molecule has 1 aromatic rings. The molecule has 0 saturated heterocycles. The third-order valence-corrected chi connectivity index (χ3v) is 2.93. The zero-order valence-corrected chi connectivity index (χ0v) is 12.0. The number of hydrogen-bond donors (Lipinski definition) is 1. The van der Waals surface area contributed by atoms with E-state index >= 15 is 0 Å². The Morgan fingerprint density at radius 3 is 2.70 bits per heavy atom. The predicted molar refractivity (Wildman–Crippen MR) is 73.4 cm³/mol. The molecule has 0 aliphatic heterocycles. The van der Waals surface area contributed by atoms with Gasteiger partial charge in [-0.15, -0.1) is 0 Å². The Balaban J connectivity index is 2.66. The molecule has 0 bridgehead atoms. The van der Waals surface area contributed by atoms with E-state index < -0.39 is 17.2 Å². The molecule has 0 fully saturated rings. The number of nitrogens with zero attached hydrogens (tertiary/aromatic N) is 1. The first-order valence-corrected chi connectivity index (χ1v) is 6.68. The van der Waals surface area contributed by atoms with E-state index in [0.717, 1.165) is 25.1 Å². The molecule has 1 rings (SSSR count). The quantitative estimate of drug-likeness (QED) is 0.833. The fraction of sp³-hybridized carbons (Fsp3) is 0.533. The van der Waals surface area contributed by atoms with Gasteiger partial charge in [0.05, 0.1) is 12.2 Å². The van der Waals surface area contributed by atoms with Gasteiger partial charge in [0.25, 0.3) is 0 Å². The lowest BCUT2D eigenvalue weighted by atomic mass is 9.96. The van der Waals surface area contributed by atoms with Crippen LogP contribution < -0.4 is 10.1 Å². The molecule has 0 aliphatic rings. The van der Waals surface area contributed by atoms with Crippen molar-refractivity contribution in [2.45, 2.75) is 45.3 Å². The van der Waals surface area contributed by atoms with E-state index in [-0.39, 0.29) is 11.9 Å². The van der Waals surface area contributed by atoms with E-state index in [1.807, 2.05) is 6.92 Å². The molecule has 0 aromatic heterocycles. The van der Waals surface area contributed by atoms with Gasteiger partial charge in [0.2, 0.25) is 0 Å². The van der Waals surface area contributed by atoms with Gasteiger partial charge in [-0.3, -0.25) is 5.32 Å². The highest BCUT2D eigenvalue weighted by Gasteiger charge is 2.26. The first-order valence-electron chi connectivity index (χ1n) is 6.68. The number of benzene rings is 1. The molecular formula is C15H20F2N2O. The molecule has 0 spiro atoms. The molecule has 2 atom stereocenters. The second kappa shape index (κ2) is 7.20. The molecule has 110 valence electrons. The monoisotopic (exact) mass is 282 g/mol. The first-order chi connectivity index (χ1) is 9.40. The second-order valence-corrected chi connectivity index (χ2v) is 5.08. The number of nitriles is 1. The van der Waals surface area contributed by atoms with Crippen molar-refractivity contribution in [2.24, 2.45) is 0 Å². The molecule has 0 aliphatic carbocycles. The van der Waals surface area contributed by atoms with Crippen molar-refractivity contribution in [3.63, 3.8) is 0 Å². The molecule has 0 heterocycles. The molecule has 20 heavy (non-hydrogen) atoms. The van der Waals surface area contributed by atoms with Crippen LogP contribution in [0.25, 0.3) is 0 Å². The molecule has 3 nitrogen and oxygen atoms in total. The Hall–Kier alpha value is -1.67. The topological polar surface area (TPSA) is 45.0 Å². The molecule has 1 aromatic carbocycles. The lowest BCUT2D eigenvalue weighted by Gasteiger charge is -2.27. The molecule has 5 heteroatoms. The third kappa shape index (κ3) is 4.78. The second-order valence-electron chi connectivity index (χ2n) is 5.08. The Kier molecular flexibility index (Phi) is 5.90. The smallest absolute Gasteiger partial charge is 0.167 e. The summed E-state index contributed by atoms with van der Waals surface area (Å²) < 4.78 is 31.7. The highest BCUT2D eigenvalue weighted by molar-refractivity contribution is 5.25. The first kappa shape index (κ1) is 16.4. The summed E-state index contributed by atoms with van der Waals surface area (Å²) in [4.78, 5) is 0. The lowest BCUT2D eigenvalue weighted by molar-refractivity contribution is 0.172. The standard InChI is InChI=1S/C15H20F2N2O/c1-4-7-19-15(3,10-18)9-11(2)20-14-6-5-12(16)8-13(14)17/h5-6,8,11,19H,4,7,9H2,1-3H3. The summed E-state index contributed by atoms with van der Waals surface area (Å²) in [5, 5.41) is 12.4. The van der Waals surface area contributed by atoms with Crippen LogP contribution in [0, 0.1) is 23.0 Å². The van der Waals surface area contributed by atoms with Crippen LogP contribution in [0.1, 0.15) is 33.6 Å². The van der Waals surface area contributed by atoms with Crippen molar-refractivity contribution < 1.29 is 13.5 Å². The van der Waals surface area contributed by atoms with Gasteiger partial charge in [-0.1, -0.05) is 6.92 Å². The van der Waals surface area contributed by atoms with Gasteiger partial charge >= 0.3 is 0 Å². The van der Waals surface area contributed by atoms with E-state index in [9.17, 15) is 14.0 Å². The Morgan fingerprint density at radius 2 is 2.15 bits per heavy atom. The SMILES string of the molecule is CCCNC(C)(C#N)CC(C)Oc1ccc(F)cc1F. The normalized spacial score (nSPS) is 15.2. The van der Waals surface area contributed by atoms with Crippen molar-refractivity contribution in [1.29, 1.82) is 5.26 Å². The third-order valence-electron chi connectivity index (χ3n) is 2.93. The van der Waals surface area contributed by atoms with Crippen LogP contribution in [0.5, 0.6) is 5.75 Å². The zero-order chi connectivity index (χ0) is 15.2. The minimum atomic E-state index is -0.739. The summed E-state index contributed by atoms with van der Waals surface area (Å²) >= 11 is 0. The molecular weight excluding hydrogens is 262 g/mol. The largest absolute Gasteiger partial charge is 0.488 e. The average Bonchev–Trinajstić information content (AvgIpc) is 2.40. The summed E-state index contributed by atoms with van der Waals surface area (Å²) in [6.45, 7) is 6.27. The number of ether oxygens (including phenoxy) is 1. The van der Waals surface area contributed by atoms with Crippen LogP contribution in [0.4, 0.5) is 8.78 Å². The van der Waals surface area contributed by atoms with Crippen LogP contribution in [0.3, 0.4) is 0 Å². The number of hydrogen-bond acceptors (Lipinski definition) is 3. The Morgan fingerprint density at radius 1 is 1.45 bits per heavy atom. The Labute approximate surface area is 118 Å². The van der Waals surface area contributed by atoms with Crippen molar-refractivity contribution in [2.75, 3.05) is 6.54 Å². The molecule has 1 N–H and O–H groups in total. The highest BCUT2D eigenvalue weighted by atomic mass is 19.1. The van der Waals surface area contributed by atoms with E-state index in [1.54, 1.807) is 13.8 Å². The number of nitrogens with one attached hydrogen (secondary N) is 1. The van der Waals surface area contributed by atoms with Crippen molar-refractivity contribution in [3.8, 4) is 11.8 Å². The van der Waals surface area contributed by atoms with Crippen LogP contribution in [0.15, 0.2) is 18.2 Å². The molecule has 0 radical (unpaired) electrons. The van der Waals surface area contributed by atoms with Crippen molar-refractivity contribution >= 4 is 0 Å². The van der Waals surface area contributed by atoms with Gasteiger partial charge in [-0.05, 0) is 38.9 Å². The van der Waals surface area contributed by atoms with Gasteiger partial charge in [0.15, 0.2) is 11.6 Å². The maximum absolute atomic E-state index is 13.5. The zero-order valence-electron chi connectivity index (χ0n) is 12.0. The maximum atomic E-state index is 13.5. The van der Waals surface area contributed by atoms with Gasteiger partial charge in [0, 0.05) is 12.5 Å². The van der Waals surface area contributed by atoms with Crippen molar-refractivity contribution in [3.05, 3.63) is 29.8 Å². The number of halogens is 2. The fourth-order valence-corrected chi connectivity index (χ4v) is 1.96. The van der Waals surface area contributed by atoms with E-state index in [1.165, 1.54) is 6.07 Å². The lowest BCUT2D eigenvalue weighted by Crippen LogP contribution is -2.44. The molecule has 2 unspecified atom stereocenters. The summed E-state index contributed by atoms with van der Waals surface area (Å²) in [6.07, 6.45) is 0.948. The molecule has 0 amide bonds. The van der Waals surface area contributed by atoms with Crippen LogP contribution in [0.2, 0.25) is 0 Å². The summed E-state index contributed by atoms with van der Waals surface area (Å²) in [6, 6.07) is 5.38. The highest BCUT2D eigenvalue weighted by Crippen LogP contribution is 2.22. The van der Waals surface area contributed by atoms with Gasteiger partial charge < -0.3 is 4.74 Å². The molecule has 0 saturated carbocycles. The Bertz CT molecular complexity index is 487. The summed E-state index contributed by atoms with van der Waals surface area (Å²) in [7, 11) is 0. The van der Waals surface area contributed by atoms with E-state index in [0.29, 0.717) is 6.42 Å². The van der Waals surface area contributed by atoms with Crippen LogP contribution in [-0.4, -0.2) is 18.2 Å². The fourth-order valence-electron chi connectivity index (χ4n) is 1.96. The minimum absolute atomic E-state index is 0.00492. The van der Waals surface area contributed by atoms with Gasteiger partial charge in [0.1, 0.15) is 11.4 Å². The van der Waals surface area contributed by atoms with E-state index in [2.05, 4.69) is 11.4 Å². The van der Waals surface area contributed by atoms with Crippen LogP contribution in [-0.2, 0) is 0 Å². The number of rotatable bonds is 7. The maximum Gasteiger partial charge on any atom is 0.167 e. The predicted octanol–water partition coefficient (Wildman–Crippen LogP) is 3.40. The van der Waals surface area contributed by atoms with Crippen molar-refractivity contribution in [1.82, 2.24) is 5.32 Å². The summed E-state index contributed by atoms with van der Waals surface area (Å²) in [5.74, 6) is -1.39.